The van der Waals surface area contributed by atoms with Crippen LogP contribution < -0.4 is 9.47 Å². The molecule has 3 aromatic rings. The van der Waals surface area contributed by atoms with Gasteiger partial charge in [0.1, 0.15) is 28.9 Å². The SMILES string of the molecule is COc1ccc2c(C(=O)c3cc(Br)c(OC)c(Br)c3)c(C(C)O[Si](C)(C)C)oc2c1. The van der Waals surface area contributed by atoms with E-state index in [0.29, 0.717) is 42.9 Å². The van der Waals surface area contributed by atoms with Gasteiger partial charge in [0.2, 0.25) is 0 Å². The van der Waals surface area contributed by atoms with Gasteiger partial charge in [0, 0.05) is 17.0 Å². The molecule has 0 aliphatic heterocycles. The van der Waals surface area contributed by atoms with E-state index >= 15 is 0 Å². The van der Waals surface area contributed by atoms with Crippen molar-refractivity contribution in [3.63, 3.8) is 0 Å². The summed E-state index contributed by atoms with van der Waals surface area (Å²) in [6.45, 7) is 8.24. The molecular weight excluding hydrogens is 532 g/mol. The molecule has 1 unspecified atom stereocenters. The molecule has 2 aromatic carbocycles. The third-order valence-electron chi connectivity index (χ3n) is 4.52. The largest absolute Gasteiger partial charge is 0.497 e. The minimum absolute atomic E-state index is 0.149. The van der Waals surface area contributed by atoms with Gasteiger partial charge in [-0.1, -0.05) is 0 Å². The summed E-state index contributed by atoms with van der Waals surface area (Å²) >= 11 is 6.96. The molecule has 3 rings (SSSR count). The Morgan fingerprint density at radius 3 is 2.20 bits per heavy atom. The minimum atomic E-state index is -1.86. The Labute approximate surface area is 194 Å². The van der Waals surface area contributed by atoms with E-state index in [1.165, 1.54) is 0 Å². The minimum Gasteiger partial charge on any atom is -0.497 e. The summed E-state index contributed by atoms with van der Waals surface area (Å²) < 4.78 is 24.4. The number of hydrogen-bond donors (Lipinski definition) is 0. The summed E-state index contributed by atoms with van der Waals surface area (Å²) in [6.07, 6.45) is -0.362. The van der Waals surface area contributed by atoms with Crippen LogP contribution >= 0.6 is 31.9 Å². The second-order valence-electron chi connectivity index (χ2n) is 7.88. The highest BCUT2D eigenvalue weighted by molar-refractivity contribution is 9.11. The molecule has 0 bridgehead atoms. The van der Waals surface area contributed by atoms with Gasteiger partial charge in [-0.15, -0.1) is 0 Å². The van der Waals surface area contributed by atoms with E-state index in [4.69, 9.17) is 18.3 Å². The number of halogens is 2. The molecule has 5 nitrogen and oxygen atoms in total. The summed E-state index contributed by atoms with van der Waals surface area (Å²) in [6, 6.07) is 8.96. The highest BCUT2D eigenvalue weighted by atomic mass is 79.9. The standard InChI is InChI=1S/C22H24Br2O5Si/c1-12(29-30(4,5)6)21-19(15-8-7-14(26-2)11-18(15)28-21)20(25)13-9-16(23)22(27-3)17(24)10-13/h7-12H,1-6H3. The molecule has 1 aromatic heterocycles. The first-order chi connectivity index (χ1) is 14.1. The summed E-state index contributed by atoms with van der Waals surface area (Å²) in [5.41, 5.74) is 1.60. The number of furan rings is 1. The molecule has 0 amide bonds. The molecule has 0 N–H and O–H groups in total. The summed E-state index contributed by atoms with van der Waals surface area (Å²) in [7, 11) is 1.31. The van der Waals surface area contributed by atoms with Crippen molar-refractivity contribution in [1.29, 1.82) is 0 Å². The van der Waals surface area contributed by atoms with E-state index in [9.17, 15) is 4.79 Å². The number of benzene rings is 2. The predicted molar refractivity (Wildman–Crippen MR) is 127 cm³/mol. The fourth-order valence-electron chi connectivity index (χ4n) is 3.36. The van der Waals surface area contributed by atoms with Gasteiger partial charge in [-0.05, 0) is 82.7 Å². The summed E-state index contributed by atoms with van der Waals surface area (Å²) in [5, 5.41) is 0.727. The number of carbonyl (C=O) groups excluding carboxylic acids is 1. The van der Waals surface area contributed by atoms with E-state index in [2.05, 4.69) is 51.5 Å². The number of ether oxygens (including phenoxy) is 2. The predicted octanol–water partition coefficient (Wildman–Crippen LogP) is 7.12. The first kappa shape index (κ1) is 23.1. The van der Waals surface area contributed by atoms with E-state index in [0.717, 1.165) is 5.39 Å². The van der Waals surface area contributed by atoms with Crippen LogP contribution in [-0.4, -0.2) is 28.3 Å². The molecule has 30 heavy (non-hydrogen) atoms. The molecule has 0 spiro atoms. The molecule has 1 heterocycles. The fourth-order valence-corrected chi connectivity index (χ4v) is 6.04. The number of rotatable bonds is 7. The Balaban J connectivity index is 2.20. The Kier molecular flexibility index (Phi) is 6.81. The molecule has 8 heteroatoms. The van der Waals surface area contributed by atoms with Crippen molar-refractivity contribution in [2.45, 2.75) is 32.7 Å². The van der Waals surface area contributed by atoms with Gasteiger partial charge < -0.3 is 18.3 Å². The maximum Gasteiger partial charge on any atom is 0.197 e. The lowest BCUT2D eigenvalue weighted by Crippen LogP contribution is -2.27. The van der Waals surface area contributed by atoms with Gasteiger partial charge in [-0.3, -0.25) is 4.79 Å². The fraction of sp³-hybridized carbons (Fsp3) is 0.318. The third kappa shape index (κ3) is 4.66. The molecule has 0 saturated heterocycles. The highest BCUT2D eigenvalue weighted by Crippen LogP contribution is 2.39. The molecular formula is C22H24Br2O5Si. The monoisotopic (exact) mass is 554 g/mol. The van der Waals surface area contributed by atoms with Crippen molar-refractivity contribution in [2.24, 2.45) is 0 Å². The Morgan fingerprint density at radius 2 is 1.67 bits per heavy atom. The van der Waals surface area contributed by atoms with Crippen LogP contribution in [0.15, 0.2) is 43.7 Å². The van der Waals surface area contributed by atoms with Crippen LogP contribution in [0.2, 0.25) is 19.6 Å². The third-order valence-corrected chi connectivity index (χ3v) is 6.75. The van der Waals surface area contributed by atoms with Crippen molar-refractivity contribution in [3.8, 4) is 11.5 Å². The van der Waals surface area contributed by atoms with E-state index in [-0.39, 0.29) is 11.9 Å². The number of methoxy groups -OCH3 is 2. The van der Waals surface area contributed by atoms with Crippen molar-refractivity contribution in [3.05, 3.63) is 56.2 Å². The molecule has 1 atom stereocenters. The van der Waals surface area contributed by atoms with Crippen LogP contribution in [0.25, 0.3) is 11.0 Å². The van der Waals surface area contributed by atoms with E-state index < -0.39 is 8.32 Å². The Bertz CT molecular complexity index is 1080. The van der Waals surface area contributed by atoms with Crippen LogP contribution in [0.3, 0.4) is 0 Å². The Morgan fingerprint density at radius 1 is 1.03 bits per heavy atom. The lowest BCUT2D eigenvalue weighted by atomic mass is 9.98. The maximum atomic E-state index is 13.7. The highest BCUT2D eigenvalue weighted by Gasteiger charge is 2.29. The van der Waals surface area contributed by atoms with E-state index in [1.807, 2.05) is 19.1 Å². The van der Waals surface area contributed by atoms with Crippen molar-refractivity contribution < 1.29 is 23.1 Å². The first-order valence-electron chi connectivity index (χ1n) is 9.41. The zero-order chi connectivity index (χ0) is 22.2. The average Bonchev–Trinajstić information content (AvgIpc) is 3.04. The number of ketones is 1. The van der Waals surface area contributed by atoms with Gasteiger partial charge >= 0.3 is 0 Å². The average molecular weight is 556 g/mol. The number of carbonyl (C=O) groups is 1. The maximum absolute atomic E-state index is 13.7. The van der Waals surface area contributed by atoms with Crippen LogP contribution in [0.1, 0.15) is 34.7 Å². The second kappa shape index (κ2) is 8.86. The van der Waals surface area contributed by atoms with Crippen molar-refractivity contribution in [1.82, 2.24) is 0 Å². The summed E-state index contributed by atoms with van der Waals surface area (Å²) in [5.74, 6) is 1.66. The molecule has 0 aliphatic rings. The molecule has 0 fully saturated rings. The van der Waals surface area contributed by atoms with Crippen molar-refractivity contribution >= 4 is 56.9 Å². The lowest BCUT2D eigenvalue weighted by Gasteiger charge is -2.22. The van der Waals surface area contributed by atoms with Gasteiger partial charge in [0.15, 0.2) is 14.1 Å². The van der Waals surface area contributed by atoms with Gasteiger partial charge in [0.05, 0.1) is 28.7 Å². The van der Waals surface area contributed by atoms with Crippen LogP contribution in [0.5, 0.6) is 11.5 Å². The zero-order valence-electron chi connectivity index (χ0n) is 17.8. The zero-order valence-corrected chi connectivity index (χ0v) is 21.9. The van der Waals surface area contributed by atoms with Crippen LogP contribution in [-0.2, 0) is 4.43 Å². The lowest BCUT2D eigenvalue weighted by molar-refractivity contribution is 0.103. The molecule has 0 saturated carbocycles. The number of fused-ring (bicyclic) bond motifs is 1. The normalized spacial score (nSPS) is 12.8. The van der Waals surface area contributed by atoms with Gasteiger partial charge in [-0.25, -0.2) is 0 Å². The van der Waals surface area contributed by atoms with E-state index in [1.54, 1.807) is 32.4 Å². The summed E-state index contributed by atoms with van der Waals surface area (Å²) in [4.78, 5) is 13.7. The number of hydrogen-bond acceptors (Lipinski definition) is 5. The van der Waals surface area contributed by atoms with Crippen LogP contribution in [0, 0.1) is 0 Å². The Hall–Kier alpha value is -1.61. The quantitative estimate of drug-likeness (QED) is 0.229. The molecule has 0 radical (unpaired) electrons. The first-order valence-corrected chi connectivity index (χ1v) is 14.4. The molecule has 160 valence electrons. The molecule has 0 aliphatic carbocycles. The smallest absolute Gasteiger partial charge is 0.197 e. The van der Waals surface area contributed by atoms with Gasteiger partial charge in [-0.2, -0.15) is 0 Å². The van der Waals surface area contributed by atoms with Crippen LogP contribution in [0.4, 0.5) is 0 Å². The second-order valence-corrected chi connectivity index (χ2v) is 14.0. The van der Waals surface area contributed by atoms with Crippen molar-refractivity contribution in [2.75, 3.05) is 14.2 Å². The topological polar surface area (TPSA) is 57.9 Å². The van der Waals surface area contributed by atoms with Gasteiger partial charge in [0.25, 0.3) is 0 Å².